The molecule has 1 saturated heterocycles. The zero-order valence-electron chi connectivity index (χ0n) is 15.2. The van der Waals surface area contributed by atoms with Crippen LogP contribution in [0.1, 0.15) is 30.9 Å². The summed E-state index contributed by atoms with van der Waals surface area (Å²) in [5.41, 5.74) is 2.00. The molecule has 0 radical (unpaired) electrons. The molecule has 1 aliphatic heterocycles. The largest absolute Gasteiger partial charge is 0.457 e. The highest BCUT2D eigenvalue weighted by atomic mass is 19.1. The summed E-state index contributed by atoms with van der Waals surface area (Å²) in [6, 6.07) is 12.2. The summed E-state index contributed by atoms with van der Waals surface area (Å²) in [4.78, 5) is 12.3. The molecule has 3 rings (SSSR count). The number of halogens is 1. The molecule has 0 saturated carbocycles. The van der Waals surface area contributed by atoms with Crippen molar-refractivity contribution in [3.05, 3.63) is 59.4 Å². The van der Waals surface area contributed by atoms with Crippen LogP contribution in [0.3, 0.4) is 0 Å². The van der Waals surface area contributed by atoms with Crippen molar-refractivity contribution < 1.29 is 13.9 Å². The summed E-state index contributed by atoms with van der Waals surface area (Å²) in [6.45, 7) is 5.48. The SMILES string of the molecule is Cc1cc(CNC(=O)[C@H]2CCN[C@@H](C)C2)ccc1Oc1ccc(F)cc1. The Morgan fingerprint density at radius 1 is 1.27 bits per heavy atom. The van der Waals surface area contributed by atoms with Crippen LogP contribution in [0.2, 0.25) is 0 Å². The predicted octanol–water partition coefficient (Wildman–Crippen LogP) is 3.93. The molecule has 2 atom stereocenters. The number of carbonyl (C=O) groups is 1. The van der Waals surface area contributed by atoms with Crippen LogP contribution in [0.15, 0.2) is 42.5 Å². The molecular weight excluding hydrogens is 331 g/mol. The van der Waals surface area contributed by atoms with Gasteiger partial charge in [-0.2, -0.15) is 0 Å². The van der Waals surface area contributed by atoms with Crippen molar-refractivity contribution in [1.82, 2.24) is 10.6 Å². The van der Waals surface area contributed by atoms with Crippen LogP contribution in [-0.2, 0) is 11.3 Å². The molecule has 1 heterocycles. The summed E-state index contributed by atoms with van der Waals surface area (Å²) in [5.74, 6) is 1.24. The number of aryl methyl sites for hydroxylation is 1. The summed E-state index contributed by atoms with van der Waals surface area (Å²) in [5, 5.41) is 6.41. The van der Waals surface area contributed by atoms with E-state index in [1.54, 1.807) is 12.1 Å². The smallest absolute Gasteiger partial charge is 0.223 e. The standard InChI is InChI=1S/C21H25FN2O2/c1-14-11-16(13-24-21(25)17-9-10-23-15(2)12-17)3-8-20(14)26-19-6-4-18(22)5-7-19/h3-8,11,15,17,23H,9-10,12-13H2,1-2H3,(H,24,25)/t15-,17-/m0/s1. The number of ether oxygens (including phenoxy) is 1. The third kappa shape index (κ3) is 4.82. The highest BCUT2D eigenvalue weighted by Crippen LogP contribution is 2.26. The van der Waals surface area contributed by atoms with Crippen LogP contribution in [0.4, 0.5) is 4.39 Å². The number of piperidine rings is 1. The molecule has 0 unspecified atom stereocenters. The van der Waals surface area contributed by atoms with Gasteiger partial charge in [0, 0.05) is 18.5 Å². The van der Waals surface area contributed by atoms with Crippen LogP contribution in [0.5, 0.6) is 11.5 Å². The summed E-state index contributed by atoms with van der Waals surface area (Å²) in [7, 11) is 0. The molecule has 0 spiro atoms. The molecule has 0 aromatic heterocycles. The minimum Gasteiger partial charge on any atom is -0.457 e. The Kier molecular flexibility index (Phi) is 5.89. The van der Waals surface area contributed by atoms with Crippen molar-refractivity contribution in [3.63, 3.8) is 0 Å². The van der Waals surface area contributed by atoms with E-state index in [2.05, 4.69) is 17.6 Å². The number of rotatable bonds is 5. The highest BCUT2D eigenvalue weighted by molar-refractivity contribution is 5.78. The first-order valence-electron chi connectivity index (χ1n) is 9.05. The fraction of sp³-hybridized carbons (Fsp3) is 0.381. The highest BCUT2D eigenvalue weighted by Gasteiger charge is 2.24. The molecule has 5 heteroatoms. The fourth-order valence-electron chi connectivity index (χ4n) is 3.27. The number of hydrogen-bond acceptors (Lipinski definition) is 3. The summed E-state index contributed by atoms with van der Waals surface area (Å²) < 4.78 is 18.8. The van der Waals surface area contributed by atoms with E-state index in [-0.39, 0.29) is 17.6 Å². The van der Waals surface area contributed by atoms with Gasteiger partial charge in [-0.15, -0.1) is 0 Å². The van der Waals surface area contributed by atoms with Gasteiger partial charge in [-0.1, -0.05) is 12.1 Å². The van der Waals surface area contributed by atoms with Gasteiger partial charge in [0.15, 0.2) is 0 Å². The molecule has 1 fully saturated rings. The third-order valence-corrected chi connectivity index (χ3v) is 4.74. The third-order valence-electron chi connectivity index (χ3n) is 4.74. The van der Waals surface area contributed by atoms with Crippen LogP contribution in [-0.4, -0.2) is 18.5 Å². The molecule has 0 bridgehead atoms. The lowest BCUT2D eigenvalue weighted by molar-refractivity contribution is -0.126. The van der Waals surface area contributed by atoms with Gasteiger partial charge in [-0.05, 0) is 74.7 Å². The Morgan fingerprint density at radius 3 is 2.73 bits per heavy atom. The Morgan fingerprint density at radius 2 is 2.04 bits per heavy atom. The Hall–Kier alpha value is -2.40. The Labute approximate surface area is 153 Å². The minimum absolute atomic E-state index is 0.0911. The number of nitrogens with one attached hydrogen (secondary N) is 2. The molecule has 1 amide bonds. The molecular formula is C21H25FN2O2. The monoisotopic (exact) mass is 356 g/mol. The van der Waals surface area contributed by atoms with Gasteiger partial charge in [-0.25, -0.2) is 4.39 Å². The van der Waals surface area contributed by atoms with Crippen LogP contribution >= 0.6 is 0 Å². The Balaban J connectivity index is 1.57. The van der Waals surface area contributed by atoms with Crippen LogP contribution in [0.25, 0.3) is 0 Å². The predicted molar refractivity (Wildman–Crippen MR) is 99.7 cm³/mol. The zero-order valence-corrected chi connectivity index (χ0v) is 15.2. The van der Waals surface area contributed by atoms with Crippen molar-refractivity contribution in [2.75, 3.05) is 6.54 Å². The molecule has 2 N–H and O–H groups in total. The number of amides is 1. The molecule has 2 aromatic rings. The van der Waals surface area contributed by atoms with Gasteiger partial charge >= 0.3 is 0 Å². The van der Waals surface area contributed by atoms with Crippen molar-refractivity contribution in [2.24, 2.45) is 5.92 Å². The first-order valence-corrected chi connectivity index (χ1v) is 9.05. The van der Waals surface area contributed by atoms with Gasteiger partial charge in [0.1, 0.15) is 17.3 Å². The molecule has 26 heavy (non-hydrogen) atoms. The first-order chi connectivity index (χ1) is 12.5. The maximum Gasteiger partial charge on any atom is 0.223 e. The number of benzene rings is 2. The quantitative estimate of drug-likeness (QED) is 0.853. The fourth-order valence-corrected chi connectivity index (χ4v) is 3.27. The molecule has 138 valence electrons. The van der Waals surface area contributed by atoms with E-state index < -0.39 is 0 Å². The van der Waals surface area contributed by atoms with Gasteiger partial charge in [0.05, 0.1) is 0 Å². The van der Waals surface area contributed by atoms with Gasteiger partial charge in [0.2, 0.25) is 5.91 Å². The van der Waals surface area contributed by atoms with Crippen molar-refractivity contribution >= 4 is 5.91 Å². The van der Waals surface area contributed by atoms with E-state index in [0.29, 0.717) is 18.3 Å². The maximum atomic E-state index is 13.0. The van der Waals surface area contributed by atoms with E-state index in [1.807, 2.05) is 25.1 Å². The minimum atomic E-state index is -0.289. The average Bonchev–Trinajstić information content (AvgIpc) is 2.63. The topological polar surface area (TPSA) is 50.4 Å². The molecule has 4 nitrogen and oxygen atoms in total. The van der Waals surface area contributed by atoms with E-state index in [0.717, 1.165) is 36.3 Å². The van der Waals surface area contributed by atoms with Gasteiger partial charge in [0.25, 0.3) is 0 Å². The molecule has 0 aliphatic carbocycles. The second-order valence-corrected chi connectivity index (χ2v) is 6.95. The molecule has 1 aliphatic rings. The van der Waals surface area contributed by atoms with E-state index in [9.17, 15) is 9.18 Å². The average molecular weight is 356 g/mol. The van der Waals surface area contributed by atoms with Crippen molar-refractivity contribution in [2.45, 2.75) is 39.3 Å². The van der Waals surface area contributed by atoms with Crippen molar-refractivity contribution in [3.8, 4) is 11.5 Å². The van der Waals surface area contributed by atoms with E-state index in [1.165, 1.54) is 12.1 Å². The van der Waals surface area contributed by atoms with Gasteiger partial charge < -0.3 is 15.4 Å². The second kappa shape index (κ2) is 8.32. The van der Waals surface area contributed by atoms with Crippen molar-refractivity contribution in [1.29, 1.82) is 0 Å². The normalized spacial score (nSPS) is 19.8. The van der Waals surface area contributed by atoms with Crippen LogP contribution in [0, 0.1) is 18.7 Å². The summed E-state index contributed by atoms with van der Waals surface area (Å²) >= 11 is 0. The second-order valence-electron chi connectivity index (χ2n) is 6.95. The van der Waals surface area contributed by atoms with Gasteiger partial charge in [-0.3, -0.25) is 4.79 Å². The maximum absolute atomic E-state index is 13.0. The number of carbonyl (C=O) groups excluding carboxylic acids is 1. The van der Waals surface area contributed by atoms with E-state index in [4.69, 9.17) is 4.74 Å². The molecule has 2 aromatic carbocycles. The lowest BCUT2D eigenvalue weighted by Crippen LogP contribution is -2.42. The van der Waals surface area contributed by atoms with Crippen LogP contribution < -0.4 is 15.4 Å². The Bertz CT molecular complexity index is 761. The summed E-state index contributed by atoms with van der Waals surface area (Å²) in [6.07, 6.45) is 1.77. The first kappa shape index (κ1) is 18.4. The lowest BCUT2D eigenvalue weighted by atomic mass is 9.92. The zero-order chi connectivity index (χ0) is 18.5. The van der Waals surface area contributed by atoms with E-state index >= 15 is 0 Å². The lowest BCUT2D eigenvalue weighted by Gasteiger charge is -2.27. The number of hydrogen-bond donors (Lipinski definition) is 2.